The van der Waals surface area contributed by atoms with E-state index in [0.29, 0.717) is 27.8 Å². The molecule has 2 fully saturated rings. The maximum absolute atomic E-state index is 13.2. The van der Waals surface area contributed by atoms with Crippen molar-refractivity contribution in [3.63, 3.8) is 0 Å². The van der Waals surface area contributed by atoms with E-state index in [1.165, 1.54) is 0 Å². The number of anilines is 1. The van der Waals surface area contributed by atoms with Gasteiger partial charge in [0.25, 0.3) is 5.91 Å². The fourth-order valence-corrected chi connectivity index (χ4v) is 6.76. The summed E-state index contributed by atoms with van der Waals surface area (Å²) < 4.78 is 17.2. The molecular weight excluding hydrogens is 502 g/mol. The van der Waals surface area contributed by atoms with Crippen molar-refractivity contribution in [3.8, 4) is 11.8 Å². The number of nitriles is 1. The second kappa shape index (κ2) is 11.1. The molecule has 2 aromatic rings. The van der Waals surface area contributed by atoms with Crippen LogP contribution in [0.5, 0.6) is 5.75 Å². The number of benzene rings is 2. The van der Waals surface area contributed by atoms with Crippen LogP contribution in [0.1, 0.15) is 56.5 Å². The van der Waals surface area contributed by atoms with Gasteiger partial charge in [0.15, 0.2) is 6.29 Å². The molecule has 1 aliphatic heterocycles. The lowest BCUT2D eigenvalue weighted by Gasteiger charge is -2.63. The van der Waals surface area contributed by atoms with Crippen LogP contribution in [-0.2, 0) is 9.47 Å². The second-order valence-corrected chi connectivity index (χ2v) is 11.9. The average molecular weight is 540 g/mol. The van der Waals surface area contributed by atoms with E-state index in [9.17, 15) is 4.79 Å². The minimum atomic E-state index is -0.313. The Bertz CT molecular complexity index is 1160. The number of rotatable bonds is 8. The van der Waals surface area contributed by atoms with Gasteiger partial charge in [-0.3, -0.25) is 4.79 Å². The van der Waals surface area contributed by atoms with Crippen molar-refractivity contribution in [2.75, 3.05) is 32.2 Å². The summed E-state index contributed by atoms with van der Waals surface area (Å²) in [4.78, 5) is 15.6. The molecule has 204 valence electrons. The Morgan fingerprint density at radius 3 is 2.18 bits per heavy atom. The number of amides is 1. The van der Waals surface area contributed by atoms with Crippen LogP contribution < -0.4 is 15.0 Å². The van der Waals surface area contributed by atoms with Crippen molar-refractivity contribution < 1.29 is 19.0 Å². The Labute approximate surface area is 231 Å². The van der Waals surface area contributed by atoms with E-state index in [-0.39, 0.29) is 35.2 Å². The molecule has 0 aromatic heterocycles. The predicted molar refractivity (Wildman–Crippen MR) is 149 cm³/mol. The first-order valence-electron chi connectivity index (χ1n) is 13.1. The summed E-state index contributed by atoms with van der Waals surface area (Å²) in [6, 6.07) is 14.9. The molecule has 0 unspecified atom stereocenters. The van der Waals surface area contributed by atoms with Crippen LogP contribution >= 0.6 is 11.6 Å². The molecule has 1 amide bonds. The number of halogens is 1. The maximum atomic E-state index is 13.2. The summed E-state index contributed by atoms with van der Waals surface area (Å²) in [6.07, 6.45) is 1.69. The van der Waals surface area contributed by atoms with Gasteiger partial charge < -0.3 is 24.4 Å². The Morgan fingerprint density at radius 1 is 1.05 bits per heavy atom. The third kappa shape index (κ3) is 5.36. The molecule has 4 rings (SSSR count). The van der Waals surface area contributed by atoms with Crippen LogP contribution in [0.15, 0.2) is 42.5 Å². The highest BCUT2D eigenvalue weighted by atomic mass is 35.5. The van der Waals surface area contributed by atoms with E-state index in [4.69, 9.17) is 31.1 Å². The van der Waals surface area contributed by atoms with Gasteiger partial charge in [0.2, 0.25) is 0 Å². The fourth-order valence-electron chi connectivity index (χ4n) is 6.54. The van der Waals surface area contributed by atoms with Gasteiger partial charge in [-0.1, -0.05) is 39.3 Å². The number of nitrogens with zero attached hydrogens (tertiary/aromatic N) is 2. The Kier molecular flexibility index (Phi) is 8.27. The number of hydrogen-bond acceptors (Lipinski definition) is 6. The van der Waals surface area contributed by atoms with Gasteiger partial charge in [0, 0.05) is 67.4 Å². The Balaban J connectivity index is 1.37. The molecule has 2 aliphatic rings. The van der Waals surface area contributed by atoms with E-state index >= 15 is 0 Å². The van der Waals surface area contributed by atoms with Crippen molar-refractivity contribution in [2.24, 2.45) is 16.7 Å². The van der Waals surface area contributed by atoms with Crippen molar-refractivity contribution in [2.45, 2.75) is 59.0 Å². The van der Waals surface area contributed by atoms with Crippen LogP contribution in [-0.4, -0.2) is 51.7 Å². The molecule has 8 heteroatoms. The van der Waals surface area contributed by atoms with Crippen LogP contribution in [0.25, 0.3) is 0 Å². The van der Waals surface area contributed by atoms with Crippen molar-refractivity contribution in [3.05, 3.63) is 58.6 Å². The molecule has 1 heterocycles. The van der Waals surface area contributed by atoms with E-state index in [2.05, 4.69) is 44.0 Å². The highest BCUT2D eigenvalue weighted by Crippen LogP contribution is 2.55. The lowest BCUT2D eigenvalue weighted by Crippen LogP contribution is -2.74. The summed E-state index contributed by atoms with van der Waals surface area (Å²) >= 11 is 6.20. The number of ether oxygens (including phenoxy) is 3. The van der Waals surface area contributed by atoms with E-state index < -0.39 is 0 Å². The van der Waals surface area contributed by atoms with Gasteiger partial charge in [-0.05, 0) is 49.2 Å². The molecule has 0 spiro atoms. The monoisotopic (exact) mass is 539 g/mol. The Morgan fingerprint density at radius 2 is 1.66 bits per heavy atom. The largest absolute Gasteiger partial charge is 0.489 e. The van der Waals surface area contributed by atoms with Gasteiger partial charge in [-0.25, -0.2) is 0 Å². The highest BCUT2D eigenvalue weighted by molar-refractivity contribution is 6.31. The lowest BCUT2D eigenvalue weighted by molar-refractivity contribution is -0.164. The molecular formula is C30H38ClN3O4. The maximum Gasteiger partial charge on any atom is 0.251 e. The molecule has 1 aliphatic carbocycles. The Hall–Kier alpha value is -2.79. The van der Waals surface area contributed by atoms with Crippen LogP contribution in [0.4, 0.5) is 5.69 Å². The van der Waals surface area contributed by atoms with Crippen LogP contribution in [0.2, 0.25) is 5.02 Å². The number of piperidine rings is 1. The quantitative estimate of drug-likeness (QED) is 0.436. The number of carbonyl (C=O) groups excluding carboxylic acids is 1. The predicted octanol–water partition coefficient (Wildman–Crippen LogP) is 5.66. The molecule has 0 radical (unpaired) electrons. The first-order chi connectivity index (χ1) is 18.0. The zero-order valence-corrected chi connectivity index (χ0v) is 23.8. The topological polar surface area (TPSA) is 83.8 Å². The second-order valence-electron chi connectivity index (χ2n) is 11.5. The molecule has 38 heavy (non-hydrogen) atoms. The third-order valence-electron chi connectivity index (χ3n) is 8.31. The molecule has 0 bridgehead atoms. The molecule has 1 saturated heterocycles. The van der Waals surface area contributed by atoms with Gasteiger partial charge >= 0.3 is 0 Å². The fraction of sp³-hybridized carbons (Fsp3) is 0.533. The zero-order valence-electron chi connectivity index (χ0n) is 23.1. The van der Waals surface area contributed by atoms with Crippen LogP contribution in [0.3, 0.4) is 0 Å². The highest BCUT2D eigenvalue weighted by Gasteiger charge is 2.64. The first kappa shape index (κ1) is 28.2. The number of nitrogens with one attached hydrogen (secondary N) is 1. The molecule has 0 atom stereocenters. The van der Waals surface area contributed by atoms with Crippen molar-refractivity contribution >= 4 is 23.2 Å². The van der Waals surface area contributed by atoms with E-state index in [1.807, 2.05) is 24.3 Å². The first-order valence-corrected chi connectivity index (χ1v) is 13.5. The number of hydrogen-bond donors (Lipinski definition) is 1. The summed E-state index contributed by atoms with van der Waals surface area (Å²) in [6.45, 7) is 10.3. The van der Waals surface area contributed by atoms with Gasteiger partial charge in [0.1, 0.15) is 17.9 Å². The normalized spacial score (nSPS) is 22.4. The third-order valence-corrected chi connectivity index (χ3v) is 8.63. The standard InChI is InChI=1S/C30H38ClN3O4/c1-29(2)27(30(3,4)28(29)38-23-12-9-21(18-32)24(31)17-23)33-25(35)19-7-10-22(11-8-19)34-15-13-20(14-16-34)26(36-5)37-6/h7-12,17,20,26-28H,13-16H2,1-6H3,(H,33,35). The lowest BCUT2D eigenvalue weighted by atomic mass is 9.49. The summed E-state index contributed by atoms with van der Waals surface area (Å²) in [5, 5.41) is 12.8. The molecule has 1 N–H and O–H groups in total. The van der Waals surface area contributed by atoms with Crippen molar-refractivity contribution in [1.29, 1.82) is 5.26 Å². The molecule has 7 nitrogen and oxygen atoms in total. The number of methoxy groups -OCH3 is 2. The minimum Gasteiger partial charge on any atom is -0.489 e. The average Bonchev–Trinajstić information content (AvgIpc) is 2.91. The van der Waals surface area contributed by atoms with Gasteiger partial charge in [-0.2, -0.15) is 5.26 Å². The summed E-state index contributed by atoms with van der Waals surface area (Å²) in [7, 11) is 3.38. The number of carbonyl (C=O) groups is 1. The van der Waals surface area contributed by atoms with Gasteiger partial charge in [-0.15, -0.1) is 0 Å². The van der Waals surface area contributed by atoms with Gasteiger partial charge in [0.05, 0.1) is 10.6 Å². The SMILES string of the molecule is COC(OC)C1CCN(c2ccc(C(=O)NC3C(C)(C)C(Oc4ccc(C#N)c(Cl)c4)C3(C)C)cc2)CC1. The minimum absolute atomic E-state index is 0.0884. The van der Waals surface area contributed by atoms with E-state index in [0.717, 1.165) is 31.6 Å². The van der Waals surface area contributed by atoms with Crippen molar-refractivity contribution in [1.82, 2.24) is 5.32 Å². The smallest absolute Gasteiger partial charge is 0.251 e. The summed E-state index contributed by atoms with van der Waals surface area (Å²) in [5.74, 6) is 0.913. The molecule has 1 saturated carbocycles. The zero-order chi connectivity index (χ0) is 27.7. The molecule has 2 aromatic carbocycles. The van der Waals surface area contributed by atoms with E-state index in [1.54, 1.807) is 32.4 Å². The van der Waals surface area contributed by atoms with Crippen LogP contribution in [0, 0.1) is 28.1 Å². The summed E-state index contributed by atoms with van der Waals surface area (Å²) in [5.41, 5.74) is 1.54.